The summed E-state index contributed by atoms with van der Waals surface area (Å²) in [6.45, 7) is 7.43. The van der Waals surface area contributed by atoms with E-state index in [1.54, 1.807) is 0 Å². The molecule has 0 aromatic heterocycles. The van der Waals surface area contributed by atoms with Crippen LogP contribution in [0.15, 0.2) is 30.3 Å². The van der Waals surface area contributed by atoms with Crippen LogP contribution in [-0.4, -0.2) is 27.1 Å². The van der Waals surface area contributed by atoms with Gasteiger partial charge < -0.3 is 5.32 Å². The van der Waals surface area contributed by atoms with Crippen LogP contribution < -0.4 is 9.62 Å². The lowest BCUT2D eigenvalue weighted by Crippen LogP contribution is -2.41. The van der Waals surface area contributed by atoms with E-state index in [1.165, 1.54) is 28.3 Å². The van der Waals surface area contributed by atoms with Crippen molar-refractivity contribution in [2.24, 2.45) is 0 Å². The molecule has 0 aliphatic heterocycles. The van der Waals surface area contributed by atoms with Crippen molar-refractivity contribution in [3.8, 4) is 0 Å². The van der Waals surface area contributed by atoms with Gasteiger partial charge in [-0.1, -0.05) is 35.9 Å². The van der Waals surface area contributed by atoms with Gasteiger partial charge in [0.15, 0.2) is 0 Å². The molecule has 0 saturated carbocycles. The van der Waals surface area contributed by atoms with Crippen molar-refractivity contribution < 1.29 is 13.2 Å². The standard InChI is InChI=1S/C24H32N2O3S/c1-16-12-17(2)24(18(3)13-16)26(30(5,28)29)15-23(27)25-19(4)21-11-10-20-8-6-7-9-22(20)14-21/h10-14,19H,6-9,15H2,1-5H3,(H,25,27)/t19-/m0/s1. The van der Waals surface area contributed by atoms with Gasteiger partial charge in [-0.2, -0.15) is 0 Å². The number of amides is 1. The van der Waals surface area contributed by atoms with E-state index in [0.717, 1.165) is 41.4 Å². The van der Waals surface area contributed by atoms with E-state index in [1.807, 2.05) is 39.8 Å². The molecular weight excluding hydrogens is 396 g/mol. The number of hydrogen-bond donors (Lipinski definition) is 1. The van der Waals surface area contributed by atoms with Crippen molar-refractivity contribution in [1.29, 1.82) is 0 Å². The molecule has 1 N–H and O–H groups in total. The van der Waals surface area contributed by atoms with Crippen molar-refractivity contribution >= 4 is 21.6 Å². The average molecular weight is 429 g/mol. The lowest BCUT2D eigenvalue weighted by Gasteiger charge is -2.27. The topological polar surface area (TPSA) is 66.5 Å². The van der Waals surface area contributed by atoms with Gasteiger partial charge in [0.2, 0.25) is 15.9 Å². The summed E-state index contributed by atoms with van der Waals surface area (Å²) in [5.74, 6) is -0.315. The SMILES string of the molecule is Cc1cc(C)c(N(CC(=O)N[C@@H](C)c2ccc3c(c2)CCCC3)S(C)(=O)=O)c(C)c1. The largest absolute Gasteiger partial charge is 0.348 e. The number of anilines is 1. The monoisotopic (exact) mass is 428 g/mol. The maximum atomic E-state index is 12.8. The molecule has 1 aliphatic carbocycles. The molecule has 0 spiro atoms. The predicted molar refractivity (Wildman–Crippen MR) is 122 cm³/mol. The fourth-order valence-electron chi connectivity index (χ4n) is 4.45. The molecule has 3 rings (SSSR count). The van der Waals surface area contributed by atoms with E-state index in [2.05, 4.69) is 23.5 Å². The zero-order chi connectivity index (χ0) is 22.1. The minimum absolute atomic E-state index is 0.189. The quantitative estimate of drug-likeness (QED) is 0.752. The molecule has 5 nitrogen and oxygen atoms in total. The summed E-state index contributed by atoms with van der Waals surface area (Å²) in [6.07, 6.45) is 5.78. The molecule has 6 heteroatoms. The molecule has 1 amide bonds. The van der Waals surface area contributed by atoms with E-state index in [4.69, 9.17) is 0 Å². The third-order valence-electron chi connectivity index (χ3n) is 5.82. The summed E-state index contributed by atoms with van der Waals surface area (Å²) < 4.78 is 26.3. The minimum atomic E-state index is -3.61. The first-order valence-electron chi connectivity index (χ1n) is 10.5. The molecule has 0 unspecified atom stereocenters. The Hall–Kier alpha value is -2.34. The lowest BCUT2D eigenvalue weighted by molar-refractivity contribution is -0.120. The normalized spacial score (nSPS) is 14.7. The van der Waals surface area contributed by atoms with Crippen LogP contribution in [0.1, 0.15) is 59.2 Å². The highest BCUT2D eigenvalue weighted by atomic mass is 32.2. The van der Waals surface area contributed by atoms with Crippen molar-refractivity contribution in [3.05, 3.63) is 63.7 Å². The Bertz CT molecular complexity index is 1040. The molecule has 2 aromatic carbocycles. The van der Waals surface area contributed by atoms with Crippen LogP contribution in [0.25, 0.3) is 0 Å². The zero-order valence-corrected chi connectivity index (χ0v) is 19.4. The Balaban J connectivity index is 1.79. The number of benzene rings is 2. The third-order valence-corrected chi connectivity index (χ3v) is 6.93. The molecule has 1 aliphatic rings. The number of nitrogens with one attached hydrogen (secondary N) is 1. The van der Waals surface area contributed by atoms with Gasteiger partial charge in [0.1, 0.15) is 6.54 Å². The summed E-state index contributed by atoms with van der Waals surface area (Å²) in [7, 11) is -3.61. The van der Waals surface area contributed by atoms with Gasteiger partial charge in [-0.15, -0.1) is 0 Å². The molecular formula is C24H32N2O3S. The van der Waals surface area contributed by atoms with E-state index in [0.29, 0.717) is 5.69 Å². The van der Waals surface area contributed by atoms with Crippen molar-refractivity contribution in [1.82, 2.24) is 5.32 Å². The first-order chi connectivity index (χ1) is 14.1. The summed E-state index contributed by atoms with van der Waals surface area (Å²) in [5.41, 5.74) is 7.15. The maximum absolute atomic E-state index is 12.8. The van der Waals surface area contributed by atoms with Crippen LogP contribution in [0.4, 0.5) is 5.69 Å². The number of carbonyl (C=O) groups excluding carboxylic acids is 1. The maximum Gasteiger partial charge on any atom is 0.241 e. The smallest absolute Gasteiger partial charge is 0.241 e. The van der Waals surface area contributed by atoms with Gasteiger partial charge in [-0.25, -0.2) is 8.42 Å². The van der Waals surface area contributed by atoms with Crippen LogP contribution >= 0.6 is 0 Å². The van der Waals surface area contributed by atoms with Crippen molar-refractivity contribution in [2.45, 2.75) is 59.4 Å². The van der Waals surface area contributed by atoms with Crippen LogP contribution in [0, 0.1) is 20.8 Å². The van der Waals surface area contributed by atoms with Crippen molar-refractivity contribution in [3.63, 3.8) is 0 Å². The number of rotatable bonds is 6. The molecule has 2 aromatic rings. The van der Waals surface area contributed by atoms with Crippen LogP contribution in [0.2, 0.25) is 0 Å². The van der Waals surface area contributed by atoms with Gasteiger partial charge >= 0.3 is 0 Å². The molecule has 162 valence electrons. The second-order valence-electron chi connectivity index (χ2n) is 8.54. The lowest BCUT2D eigenvalue weighted by atomic mass is 9.89. The van der Waals surface area contributed by atoms with Gasteiger partial charge in [0, 0.05) is 0 Å². The summed E-state index contributed by atoms with van der Waals surface area (Å²) in [4.78, 5) is 12.8. The number of sulfonamides is 1. The van der Waals surface area contributed by atoms with Gasteiger partial charge in [0.25, 0.3) is 0 Å². The number of hydrogen-bond acceptors (Lipinski definition) is 3. The second-order valence-corrected chi connectivity index (χ2v) is 10.4. The van der Waals surface area contributed by atoms with E-state index in [-0.39, 0.29) is 18.5 Å². The number of carbonyl (C=O) groups is 1. The van der Waals surface area contributed by atoms with Crippen LogP contribution in [-0.2, 0) is 27.7 Å². The highest BCUT2D eigenvalue weighted by Gasteiger charge is 2.25. The highest BCUT2D eigenvalue weighted by molar-refractivity contribution is 7.92. The first kappa shape index (κ1) is 22.3. The predicted octanol–water partition coefficient (Wildman–Crippen LogP) is 4.13. The Morgan fingerprint density at radius 3 is 2.23 bits per heavy atom. The summed E-state index contributed by atoms with van der Waals surface area (Å²) >= 11 is 0. The summed E-state index contributed by atoms with van der Waals surface area (Å²) in [6, 6.07) is 10.1. The highest BCUT2D eigenvalue weighted by Crippen LogP contribution is 2.28. The van der Waals surface area contributed by atoms with Crippen LogP contribution in [0.3, 0.4) is 0 Å². The third kappa shape index (κ3) is 5.04. The van der Waals surface area contributed by atoms with Gasteiger partial charge in [-0.05, 0) is 81.2 Å². The molecule has 0 fully saturated rings. The summed E-state index contributed by atoms with van der Waals surface area (Å²) in [5, 5.41) is 2.98. The minimum Gasteiger partial charge on any atom is -0.348 e. The average Bonchev–Trinajstić information content (AvgIpc) is 2.65. The number of nitrogens with zero attached hydrogens (tertiary/aromatic N) is 1. The molecule has 0 heterocycles. The Labute approximate surface area is 180 Å². The molecule has 0 saturated heterocycles. The molecule has 0 radical (unpaired) electrons. The van der Waals surface area contributed by atoms with E-state index >= 15 is 0 Å². The number of fused-ring (bicyclic) bond motifs is 1. The Morgan fingerprint density at radius 1 is 1.03 bits per heavy atom. The van der Waals surface area contributed by atoms with E-state index in [9.17, 15) is 13.2 Å². The second kappa shape index (κ2) is 8.80. The van der Waals surface area contributed by atoms with Gasteiger partial charge in [0.05, 0.1) is 18.0 Å². The molecule has 0 bridgehead atoms. The molecule has 30 heavy (non-hydrogen) atoms. The zero-order valence-electron chi connectivity index (χ0n) is 18.6. The number of aryl methyl sites for hydroxylation is 5. The fraction of sp³-hybridized carbons (Fsp3) is 0.458. The van der Waals surface area contributed by atoms with E-state index < -0.39 is 10.0 Å². The molecule has 1 atom stereocenters. The van der Waals surface area contributed by atoms with Crippen molar-refractivity contribution in [2.75, 3.05) is 17.1 Å². The fourth-order valence-corrected chi connectivity index (χ4v) is 5.42. The van der Waals surface area contributed by atoms with Crippen LogP contribution in [0.5, 0.6) is 0 Å². The first-order valence-corrected chi connectivity index (χ1v) is 12.4. The Kier molecular flexibility index (Phi) is 6.56. The van der Waals surface area contributed by atoms with Gasteiger partial charge in [-0.3, -0.25) is 9.10 Å². The Morgan fingerprint density at radius 2 is 1.63 bits per heavy atom.